The van der Waals surface area contributed by atoms with Crippen molar-refractivity contribution in [3.05, 3.63) is 92.9 Å². The number of imide groups is 1. The Morgan fingerprint density at radius 3 is 2.16 bits per heavy atom. The average molecular weight is 887 g/mol. The van der Waals surface area contributed by atoms with Gasteiger partial charge in [-0.15, -0.1) is 0 Å². The number of alkyl halides is 3. The van der Waals surface area contributed by atoms with Crippen LogP contribution in [0.2, 0.25) is 5.02 Å². The fraction of sp³-hybridized carbons (Fsp3) is 0.478. The molecule has 13 nitrogen and oxygen atoms in total. The first-order chi connectivity index (χ1) is 29.8. The number of piperazine rings is 1. The Labute approximate surface area is 368 Å². The summed E-state index contributed by atoms with van der Waals surface area (Å²) >= 11 is 6.25. The molecule has 332 valence electrons. The van der Waals surface area contributed by atoms with E-state index in [0.717, 1.165) is 51.3 Å². The maximum absolute atomic E-state index is 14.4. The number of hydrogen-bond acceptors (Lipinski definition) is 10. The standard InChI is InChI=1S/C46H50ClF3N8O5/c1-44(2)42(45(3,4)43(44)63-32-11-7-29(25-51)35(47)24-32)53-39(60)28-5-8-30(9-6-28)56-17-15-27(16-18-56)26-55-19-21-57(22-20-55)31-10-12-33-34(23-31)38(46(48,49)50)54-58(41(33)62)36-13-14-37(59)52-40(36)61/h5-12,23-24,27,36,42-43H,13-22,26H2,1-4H3,(H,53,60)(H,52,59,61)/t36-,42-,43-/m1/s1. The van der Waals surface area contributed by atoms with Crippen molar-refractivity contribution in [1.82, 2.24) is 25.3 Å². The lowest BCUT2D eigenvalue weighted by Gasteiger charge is -2.63. The predicted molar refractivity (Wildman–Crippen MR) is 232 cm³/mol. The van der Waals surface area contributed by atoms with Crippen LogP contribution in [-0.4, -0.2) is 90.4 Å². The lowest BCUT2D eigenvalue weighted by atomic mass is 9.49. The number of rotatable bonds is 9. The molecule has 1 aliphatic carbocycles. The van der Waals surface area contributed by atoms with Crippen LogP contribution in [0.5, 0.6) is 5.75 Å². The van der Waals surface area contributed by atoms with Crippen molar-refractivity contribution in [2.45, 2.75) is 77.7 Å². The van der Waals surface area contributed by atoms with Crippen LogP contribution >= 0.6 is 11.6 Å². The highest BCUT2D eigenvalue weighted by atomic mass is 35.5. The minimum atomic E-state index is -4.89. The topological polar surface area (TPSA) is 153 Å². The number of carbonyl (C=O) groups is 3. The SMILES string of the molecule is CC1(C)[C@H](NC(=O)c2ccc(N3CCC(CN4CCN(c5ccc6c(=O)n([C@@H]7CCC(=O)NC7=O)nc(C(F)(F)F)c6c5)CC4)CC3)cc2)C(C)(C)[C@H]1Oc1ccc(C#N)c(Cl)c1. The van der Waals surface area contributed by atoms with Gasteiger partial charge in [0.05, 0.1) is 16.0 Å². The number of nitrogens with zero attached hydrogens (tertiary/aromatic N) is 6. The van der Waals surface area contributed by atoms with E-state index in [2.05, 4.69) is 59.3 Å². The second kappa shape index (κ2) is 16.8. The molecular formula is C46H50ClF3N8O5. The lowest BCUT2D eigenvalue weighted by molar-refractivity contribution is -0.164. The zero-order chi connectivity index (χ0) is 45.0. The van der Waals surface area contributed by atoms with Gasteiger partial charge < -0.3 is 19.9 Å². The van der Waals surface area contributed by atoms with Gasteiger partial charge >= 0.3 is 6.18 Å². The zero-order valence-corrected chi connectivity index (χ0v) is 36.4. The van der Waals surface area contributed by atoms with Crippen LogP contribution in [0.25, 0.3) is 10.8 Å². The molecule has 4 aromatic rings. The highest BCUT2D eigenvalue weighted by Crippen LogP contribution is 2.55. The number of halogens is 4. The smallest absolute Gasteiger partial charge is 0.435 e. The molecule has 0 radical (unpaired) electrons. The molecule has 4 heterocycles. The second-order valence-electron chi connectivity index (χ2n) is 18.4. The fourth-order valence-corrected chi connectivity index (χ4v) is 10.6. The Morgan fingerprint density at radius 1 is 0.889 bits per heavy atom. The number of anilines is 2. The van der Waals surface area contributed by atoms with Gasteiger partial charge in [-0.1, -0.05) is 39.3 Å². The third-order valence-corrected chi connectivity index (χ3v) is 13.8. The number of ether oxygens (including phenoxy) is 1. The van der Waals surface area contributed by atoms with Gasteiger partial charge in [-0.05, 0) is 79.8 Å². The summed E-state index contributed by atoms with van der Waals surface area (Å²) in [5, 5.41) is 18.0. The Bertz CT molecular complexity index is 2520. The summed E-state index contributed by atoms with van der Waals surface area (Å²) in [4.78, 5) is 57.7. The molecule has 1 saturated carbocycles. The number of benzene rings is 3. The Hall–Kier alpha value is -5.66. The van der Waals surface area contributed by atoms with E-state index in [0.29, 0.717) is 51.3 Å². The number of hydrogen-bond donors (Lipinski definition) is 2. The van der Waals surface area contributed by atoms with Gasteiger partial charge in [0.15, 0.2) is 5.69 Å². The number of aromatic nitrogens is 2. The molecule has 63 heavy (non-hydrogen) atoms. The van der Waals surface area contributed by atoms with Crippen molar-refractivity contribution < 1.29 is 32.3 Å². The number of amides is 3. The summed E-state index contributed by atoms with van der Waals surface area (Å²) in [5.41, 5.74) is -0.241. The summed E-state index contributed by atoms with van der Waals surface area (Å²) in [6.45, 7) is 13.6. The van der Waals surface area contributed by atoms with Crippen molar-refractivity contribution in [3.63, 3.8) is 0 Å². The van der Waals surface area contributed by atoms with Crippen LogP contribution in [0.4, 0.5) is 24.5 Å². The van der Waals surface area contributed by atoms with E-state index in [1.807, 2.05) is 29.2 Å². The van der Waals surface area contributed by atoms with Gasteiger partial charge in [-0.3, -0.25) is 29.4 Å². The van der Waals surface area contributed by atoms with Gasteiger partial charge in [-0.2, -0.15) is 23.5 Å². The van der Waals surface area contributed by atoms with Crippen LogP contribution in [0.15, 0.2) is 65.5 Å². The molecule has 3 aromatic carbocycles. The molecule has 3 amide bonds. The van der Waals surface area contributed by atoms with Crippen LogP contribution in [0.1, 0.15) is 81.0 Å². The highest BCUT2D eigenvalue weighted by Gasteiger charge is 2.64. The molecule has 1 atom stereocenters. The van der Waals surface area contributed by atoms with Crippen LogP contribution in [0, 0.1) is 28.1 Å². The second-order valence-corrected chi connectivity index (χ2v) is 18.8. The Kier molecular flexibility index (Phi) is 11.7. The highest BCUT2D eigenvalue weighted by molar-refractivity contribution is 6.31. The normalized spacial score (nSPS) is 22.9. The fourth-order valence-electron chi connectivity index (χ4n) is 10.3. The molecule has 8 rings (SSSR count). The van der Waals surface area contributed by atoms with E-state index >= 15 is 0 Å². The summed E-state index contributed by atoms with van der Waals surface area (Å²) in [7, 11) is 0. The molecule has 3 saturated heterocycles. The third kappa shape index (κ3) is 8.57. The van der Waals surface area contributed by atoms with E-state index in [9.17, 15) is 37.6 Å². The van der Waals surface area contributed by atoms with E-state index in [1.165, 1.54) is 12.1 Å². The number of carbonyl (C=O) groups excluding carboxylic acids is 3. The van der Waals surface area contributed by atoms with Crippen LogP contribution < -0.4 is 30.7 Å². The molecular weight excluding hydrogens is 837 g/mol. The molecule has 1 aromatic heterocycles. The van der Waals surface area contributed by atoms with Gasteiger partial charge in [0.2, 0.25) is 5.91 Å². The molecule has 0 bridgehead atoms. The first-order valence-corrected chi connectivity index (χ1v) is 21.7. The average Bonchev–Trinajstić information content (AvgIpc) is 3.25. The Balaban J connectivity index is 0.823. The minimum absolute atomic E-state index is 0.106. The third-order valence-electron chi connectivity index (χ3n) is 13.5. The summed E-state index contributed by atoms with van der Waals surface area (Å²) < 4.78 is 50.0. The quantitative estimate of drug-likeness (QED) is 0.177. The molecule has 17 heteroatoms. The number of fused-ring (bicyclic) bond motifs is 1. The monoisotopic (exact) mass is 886 g/mol. The first-order valence-electron chi connectivity index (χ1n) is 21.3. The van der Waals surface area contributed by atoms with Gasteiger partial charge in [0, 0.05) is 97.5 Å². The maximum atomic E-state index is 14.4. The van der Waals surface area contributed by atoms with Gasteiger partial charge in [-0.25, -0.2) is 4.68 Å². The Morgan fingerprint density at radius 2 is 1.54 bits per heavy atom. The van der Waals surface area contributed by atoms with Gasteiger partial charge in [0.1, 0.15) is 24.0 Å². The zero-order valence-electron chi connectivity index (χ0n) is 35.6. The van der Waals surface area contributed by atoms with E-state index in [1.54, 1.807) is 24.3 Å². The summed E-state index contributed by atoms with van der Waals surface area (Å²) in [5.74, 6) is -0.480. The number of piperidine rings is 2. The van der Waals surface area contributed by atoms with Crippen molar-refractivity contribution in [1.29, 1.82) is 5.26 Å². The van der Waals surface area contributed by atoms with Crippen LogP contribution in [-0.2, 0) is 15.8 Å². The predicted octanol–water partition coefficient (Wildman–Crippen LogP) is 6.57. The summed E-state index contributed by atoms with van der Waals surface area (Å²) in [6.07, 6.45) is -3.31. The number of nitrogens with one attached hydrogen (secondary N) is 2. The number of nitriles is 1. The molecule has 3 aliphatic heterocycles. The molecule has 2 N–H and O–H groups in total. The largest absolute Gasteiger partial charge is 0.489 e. The van der Waals surface area contributed by atoms with E-state index < -0.39 is 35.3 Å². The van der Waals surface area contributed by atoms with Crippen LogP contribution in [0.3, 0.4) is 0 Å². The van der Waals surface area contributed by atoms with Gasteiger partial charge in [0.25, 0.3) is 17.4 Å². The van der Waals surface area contributed by atoms with E-state index in [-0.39, 0.29) is 52.5 Å². The molecule has 4 aliphatic rings. The molecule has 0 spiro atoms. The molecule has 0 unspecified atom stereocenters. The molecule has 4 fully saturated rings. The van der Waals surface area contributed by atoms with Crippen molar-refractivity contribution in [3.8, 4) is 11.8 Å². The lowest BCUT2D eigenvalue weighted by Crippen LogP contribution is -2.74. The maximum Gasteiger partial charge on any atom is 0.435 e. The first kappa shape index (κ1) is 44.0. The van der Waals surface area contributed by atoms with Crippen molar-refractivity contribution >= 4 is 51.5 Å². The van der Waals surface area contributed by atoms with E-state index in [4.69, 9.17) is 16.3 Å². The summed E-state index contributed by atoms with van der Waals surface area (Å²) in [6, 6.07) is 17.7. The van der Waals surface area contributed by atoms with Crippen molar-refractivity contribution in [2.24, 2.45) is 16.7 Å². The van der Waals surface area contributed by atoms with Crippen molar-refractivity contribution in [2.75, 3.05) is 55.6 Å². The minimum Gasteiger partial charge on any atom is -0.489 e.